The number of nitrogens with one attached hydrogen (secondary N) is 2. The predicted molar refractivity (Wildman–Crippen MR) is 129 cm³/mol. The van der Waals surface area contributed by atoms with Crippen molar-refractivity contribution < 1.29 is 10.0 Å². The van der Waals surface area contributed by atoms with Gasteiger partial charge in [0, 0.05) is 49.7 Å². The van der Waals surface area contributed by atoms with Gasteiger partial charge in [-0.2, -0.15) is 0 Å². The molecule has 3 rings (SSSR count). The molecule has 1 saturated heterocycles. The number of fused-ring (bicyclic) bond motifs is 1. The van der Waals surface area contributed by atoms with Gasteiger partial charge in [-0.05, 0) is 56.8 Å². The van der Waals surface area contributed by atoms with E-state index in [1.165, 1.54) is 22.7 Å². The number of piperidine rings is 1. The van der Waals surface area contributed by atoms with E-state index >= 15 is 0 Å². The third kappa shape index (κ3) is 5.57. The van der Waals surface area contributed by atoms with E-state index < -0.39 is 5.91 Å². The molecule has 2 aromatic rings. The van der Waals surface area contributed by atoms with Crippen LogP contribution in [0.25, 0.3) is 10.9 Å². The van der Waals surface area contributed by atoms with Crippen LogP contribution in [0.1, 0.15) is 32.3 Å². The number of carbonyl (C=O) groups is 1. The van der Waals surface area contributed by atoms with Crippen LogP contribution in [0, 0.1) is 5.92 Å². The van der Waals surface area contributed by atoms with E-state index in [4.69, 9.17) is 10.9 Å². The summed E-state index contributed by atoms with van der Waals surface area (Å²) < 4.78 is 2.25. The zero-order chi connectivity index (χ0) is 23.1. The van der Waals surface area contributed by atoms with E-state index in [2.05, 4.69) is 45.5 Å². The predicted octanol–water partition coefficient (Wildman–Crippen LogP) is 3.04. The molecule has 8 nitrogen and oxygen atoms in total. The van der Waals surface area contributed by atoms with Crippen LogP contribution in [0.3, 0.4) is 0 Å². The number of amides is 1. The Labute approximate surface area is 189 Å². The lowest BCUT2D eigenvalue weighted by Crippen LogP contribution is -2.36. The van der Waals surface area contributed by atoms with Crippen LogP contribution in [0.15, 0.2) is 53.4 Å². The summed E-state index contributed by atoms with van der Waals surface area (Å²) >= 11 is 0. The van der Waals surface area contributed by atoms with Crippen molar-refractivity contribution >= 4 is 28.7 Å². The third-order valence-electron chi connectivity index (χ3n) is 6.08. The molecule has 0 saturated carbocycles. The molecular weight excluding hydrogens is 404 g/mol. The Kier molecular flexibility index (Phi) is 8.08. The zero-order valence-electron chi connectivity index (χ0n) is 19.0. The molecule has 0 bridgehead atoms. The van der Waals surface area contributed by atoms with Gasteiger partial charge in [0.05, 0.1) is 11.1 Å². The summed E-state index contributed by atoms with van der Waals surface area (Å²) in [6, 6.07) is 6.12. The Balaban J connectivity index is 1.47. The molecule has 5 N–H and O–H groups in total. The van der Waals surface area contributed by atoms with Gasteiger partial charge in [-0.1, -0.05) is 18.7 Å². The quantitative estimate of drug-likeness (QED) is 0.158. The average molecular weight is 439 g/mol. The van der Waals surface area contributed by atoms with Crippen LogP contribution >= 0.6 is 0 Å². The Morgan fingerprint density at radius 2 is 2.12 bits per heavy atom. The summed E-state index contributed by atoms with van der Waals surface area (Å²) in [6.07, 6.45) is 7.36. The number of aryl methyl sites for hydroxylation is 1. The molecular formula is C24H34N6O2. The maximum Gasteiger partial charge on any atom is 0.275 e. The molecule has 1 aliphatic heterocycles. The Morgan fingerprint density at radius 1 is 1.38 bits per heavy atom. The van der Waals surface area contributed by atoms with Crippen LogP contribution in [-0.2, 0) is 17.9 Å². The van der Waals surface area contributed by atoms with Crippen molar-refractivity contribution in [1.29, 1.82) is 0 Å². The Morgan fingerprint density at radius 3 is 2.78 bits per heavy atom. The zero-order valence-corrected chi connectivity index (χ0v) is 19.0. The lowest BCUT2D eigenvalue weighted by Gasteiger charge is -2.33. The van der Waals surface area contributed by atoms with Gasteiger partial charge in [0.15, 0.2) is 0 Å². The SMILES string of the molecule is C=C(/N=C\C(=C/C)C(=O)NO)N1CCC(CNCc2cn(CC)c3cc(N)ccc23)CC1. The number of allylic oxidation sites excluding steroid dienone is 1. The summed E-state index contributed by atoms with van der Waals surface area (Å²) in [7, 11) is 0. The van der Waals surface area contributed by atoms with Gasteiger partial charge < -0.3 is 20.5 Å². The molecule has 0 atom stereocenters. The number of rotatable bonds is 9. The number of nitrogen functional groups attached to an aromatic ring is 1. The van der Waals surface area contributed by atoms with E-state index in [0.717, 1.165) is 51.3 Å². The molecule has 32 heavy (non-hydrogen) atoms. The van der Waals surface area contributed by atoms with Crippen molar-refractivity contribution in [3.63, 3.8) is 0 Å². The molecule has 0 radical (unpaired) electrons. The summed E-state index contributed by atoms with van der Waals surface area (Å²) in [5, 5.41) is 13.6. The first-order chi connectivity index (χ1) is 15.5. The molecule has 172 valence electrons. The van der Waals surface area contributed by atoms with Crippen molar-refractivity contribution in [2.75, 3.05) is 25.4 Å². The maximum atomic E-state index is 11.5. The smallest absolute Gasteiger partial charge is 0.275 e. The molecule has 1 fully saturated rings. The minimum Gasteiger partial charge on any atom is -0.399 e. The van der Waals surface area contributed by atoms with Crippen molar-refractivity contribution in [3.8, 4) is 0 Å². The van der Waals surface area contributed by atoms with Gasteiger partial charge in [0.25, 0.3) is 5.91 Å². The molecule has 0 aliphatic carbocycles. The first kappa shape index (κ1) is 23.6. The third-order valence-corrected chi connectivity index (χ3v) is 6.08. The molecule has 1 aliphatic rings. The minimum atomic E-state index is -0.584. The Hall–Kier alpha value is -3.10. The lowest BCUT2D eigenvalue weighted by molar-refractivity contribution is -0.124. The topological polar surface area (TPSA) is 108 Å². The highest BCUT2D eigenvalue weighted by molar-refractivity contribution is 6.11. The monoisotopic (exact) mass is 438 g/mol. The van der Waals surface area contributed by atoms with E-state index in [0.29, 0.717) is 17.3 Å². The molecule has 1 amide bonds. The summed E-state index contributed by atoms with van der Waals surface area (Å²) in [5.41, 5.74) is 11.2. The molecule has 8 heteroatoms. The summed E-state index contributed by atoms with van der Waals surface area (Å²) in [5.74, 6) is 0.650. The highest BCUT2D eigenvalue weighted by Crippen LogP contribution is 2.24. The second-order valence-electron chi connectivity index (χ2n) is 8.14. The molecule has 1 aromatic carbocycles. The van der Waals surface area contributed by atoms with Gasteiger partial charge in [0.1, 0.15) is 5.82 Å². The number of aromatic nitrogens is 1. The van der Waals surface area contributed by atoms with Crippen molar-refractivity contribution in [2.45, 2.75) is 39.8 Å². The number of likely N-dealkylation sites (tertiary alicyclic amines) is 1. The van der Waals surface area contributed by atoms with Gasteiger partial charge in [-0.25, -0.2) is 10.5 Å². The second kappa shape index (κ2) is 11.0. The van der Waals surface area contributed by atoms with E-state index in [1.807, 2.05) is 12.1 Å². The van der Waals surface area contributed by atoms with E-state index in [-0.39, 0.29) is 0 Å². The maximum absolute atomic E-state index is 11.5. The van der Waals surface area contributed by atoms with Crippen LogP contribution in [0.4, 0.5) is 5.69 Å². The van der Waals surface area contributed by atoms with Crippen molar-refractivity contribution in [2.24, 2.45) is 10.9 Å². The average Bonchev–Trinajstić information content (AvgIpc) is 3.16. The van der Waals surface area contributed by atoms with Gasteiger partial charge in [-0.3, -0.25) is 10.0 Å². The number of nitrogens with two attached hydrogens (primary N) is 1. The van der Waals surface area contributed by atoms with Crippen LogP contribution < -0.4 is 16.5 Å². The number of nitrogens with zero attached hydrogens (tertiary/aromatic N) is 3. The fourth-order valence-electron chi connectivity index (χ4n) is 4.15. The molecule has 2 heterocycles. The minimum absolute atomic E-state index is 0.292. The molecule has 0 unspecified atom stereocenters. The van der Waals surface area contributed by atoms with Crippen molar-refractivity contribution in [3.05, 3.63) is 54.0 Å². The highest BCUT2D eigenvalue weighted by Gasteiger charge is 2.20. The number of hydrogen-bond acceptors (Lipinski definition) is 6. The number of benzene rings is 1. The standard InChI is InChI=1S/C24H34N6O2/c1-4-19(24(31)28-32)15-27-17(3)30-10-8-18(9-11-30)13-26-14-20-16-29(5-2)23-12-21(25)6-7-22(20)23/h4,6-7,12,15-16,18,26,32H,3,5,8-11,13-14,25H2,1-2H3,(H,28,31)/b19-4+,27-15-. The van der Waals surface area contributed by atoms with Gasteiger partial charge in [0.2, 0.25) is 0 Å². The summed E-state index contributed by atoms with van der Waals surface area (Å²) in [6.45, 7) is 12.4. The normalized spacial score (nSPS) is 15.6. The second-order valence-corrected chi connectivity index (χ2v) is 8.14. The first-order valence-electron chi connectivity index (χ1n) is 11.1. The van der Waals surface area contributed by atoms with Gasteiger partial charge in [-0.15, -0.1) is 0 Å². The number of hydrogen-bond donors (Lipinski definition) is 4. The first-order valence-corrected chi connectivity index (χ1v) is 11.1. The number of carbonyl (C=O) groups excluding carboxylic acids is 1. The fraction of sp³-hybridized carbons (Fsp3) is 0.417. The Bertz CT molecular complexity index is 1010. The fourth-order valence-corrected chi connectivity index (χ4v) is 4.15. The van der Waals surface area contributed by atoms with Crippen molar-refractivity contribution in [1.82, 2.24) is 20.3 Å². The van der Waals surface area contributed by atoms with E-state index in [1.54, 1.807) is 18.5 Å². The lowest BCUT2D eigenvalue weighted by atomic mass is 9.97. The van der Waals surface area contributed by atoms with Crippen LogP contribution in [0.5, 0.6) is 0 Å². The number of anilines is 1. The van der Waals surface area contributed by atoms with E-state index in [9.17, 15) is 4.79 Å². The number of aliphatic imine (C=N–C) groups is 1. The van der Waals surface area contributed by atoms with Crippen LogP contribution in [0.2, 0.25) is 0 Å². The highest BCUT2D eigenvalue weighted by atomic mass is 16.5. The number of hydroxylamine groups is 1. The largest absolute Gasteiger partial charge is 0.399 e. The molecule has 0 spiro atoms. The molecule has 1 aromatic heterocycles. The van der Waals surface area contributed by atoms with Gasteiger partial charge >= 0.3 is 0 Å². The summed E-state index contributed by atoms with van der Waals surface area (Å²) in [4.78, 5) is 17.9. The van der Waals surface area contributed by atoms with Crippen LogP contribution in [-0.4, -0.2) is 46.4 Å².